The SMILES string of the molecule is C=C/C=C(/C=C1\Cc2ccc(N(c3cccc4ccccc34)c3cc4ccccc4c4ccccc34)cc2C1)N(c1cccc2ccccc12)c1cc2ccccc2c2ccccc12. The average molecular weight is 817 g/mol. The number of nitrogens with zero attached hydrogens (tertiary/aromatic N) is 2. The summed E-state index contributed by atoms with van der Waals surface area (Å²) in [4.78, 5) is 4.96. The molecule has 0 spiro atoms. The Balaban J connectivity index is 1.02. The third-order valence-electron chi connectivity index (χ3n) is 13.2. The van der Waals surface area contributed by atoms with Gasteiger partial charge in [0.05, 0.1) is 22.7 Å². The molecule has 1 aliphatic rings. The maximum Gasteiger partial charge on any atom is 0.0546 e. The van der Waals surface area contributed by atoms with Crippen LogP contribution in [0.2, 0.25) is 0 Å². The maximum absolute atomic E-state index is 4.27. The molecule has 0 saturated heterocycles. The van der Waals surface area contributed by atoms with E-state index < -0.39 is 0 Å². The smallest absolute Gasteiger partial charge is 0.0546 e. The number of anilines is 5. The highest BCUT2D eigenvalue weighted by molar-refractivity contribution is 6.17. The topological polar surface area (TPSA) is 6.48 Å². The van der Waals surface area contributed by atoms with Crippen molar-refractivity contribution in [2.24, 2.45) is 0 Å². The Kier molecular flexibility index (Phi) is 9.16. The fourth-order valence-corrected chi connectivity index (χ4v) is 10.3. The second-order valence-corrected chi connectivity index (χ2v) is 16.9. The van der Waals surface area contributed by atoms with Crippen LogP contribution >= 0.6 is 0 Å². The Hall–Kier alpha value is -8.20. The van der Waals surface area contributed by atoms with Gasteiger partial charge in [0.15, 0.2) is 0 Å². The Bertz CT molecular complexity index is 3710. The lowest BCUT2D eigenvalue weighted by Crippen LogP contribution is -2.16. The zero-order valence-corrected chi connectivity index (χ0v) is 35.5. The normalized spacial score (nSPS) is 13.4. The van der Waals surface area contributed by atoms with E-state index in [0.717, 1.165) is 41.3 Å². The molecule has 12 rings (SSSR count). The fourth-order valence-electron chi connectivity index (χ4n) is 10.3. The summed E-state index contributed by atoms with van der Waals surface area (Å²) in [5.41, 5.74) is 10.9. The highest BCUT2D eigenvalue weighted by Crippen LogP contribution is 2.47. The van der Waals surface area contributed by atoms with Gasteiger partial charge in [-0.15, -0.1) is 0 Å². The maximum atomic E-state index is 4.27. The van der Waals surface area contributed by atoms with Gasteiger partial charge in [0.25, 0.3) is 0 Å². The van der Waals surface area contributed by atoms with Crippen LogP contribution in [-0.2, 0) is 12.8 Å². The van der Waals surface area contributed by atoms with E-state index in [-0.39, 0.29) is 0 Å². The molecule has 0 fully saturated rings. The summed E-state index contributed by atoms with van der Waals surface area (Å²) < 4.78 is 0. The van der Waals surface area contributed by atoms with Gasteiger partial charge < -0.3 is 9.80 Å². The minimum atomic E-state index is 0.849. The Morgan fingerprint density at radius 3 is 1.47 bits per heavy atom. The van der Waals surface area contributed by atoms with Crippen molar-refractivity contribution in [3.05, 3.63) is 260 Å². The van der Waals surface area contributed by atoms with Crippen LogP contribution in [0.15, 0.2) is 248 Å². The first kappa shape index (κ1) is 37.6. The van der Waals surface area contributed by atoms with Crippen molar-refractivity contribution in [2.75, 3.05) is 9.80 Å². The summed E-state index contributed by atoms with van der Waals surface area (Å²) in [6, 6.07) is 77.9. The predicted octanol–water partition coefficient (Wildman–Crippen LogP) is 17.0. The summed E-state index contributed by atoms with van der Waals surface area (Å²) in [5, 5.41) is 14.7. The summed E-state index contributed by atoms with van der Waals surface area (Å²) in [5.74, 6) is 0. The summed E-state index contributed by atoms with van der Waals surface area (Å²) in [7, 11) is 0. The second kappa shape index (κ2) is 15.6. The van der Waals surface area contributed by atoms with E-state index in [2.05, 4.69) is 241 Å². The molecule has 64 heavy (non-hydrogen) atoms. The molecule has 11 aromatic rings. The number of fused-ring (bicyclic) bond motifs is 9. The van der Waals surface area contributed by atoms with Crippen molar-refractivity contribution in [3.63, 3.8) is 0 Å². The number of rotatable bonds is 8. The van der Waals surface area contributed by atoms with E-state index in [1.54, 1.807) is 0 Å². The zero-order valence-electron chi connectivity index (χ0n) is 35.5. The molecule has 11 aromatic carbocycles. The summed E-state index contributed by atoms with van der Waals surface area (Å²) in [6.07, 6.45) is 8.26. The monoisotopic (exact) mass is 816 g/mol. The first-order chi connectivity index (χ1) is 31.7. The number of hydrogen-bond donors (Lipinski definition) is 0. The zero-order chi connectivity index (χ0) is 42.6. The average Bonchev–Trinajstić information content (AvgIpc) is 3.76. The van der Waals surface area contributed by atoms with E-state index >= 15 is 0 Å². The predicted molar refractivity (Wildman–Crippen MR) is 275 cm³/mol. The van der Waals surface area contributed by atoms with Gasteiger partial charge in [0.1, 0.15) is 0 Å². The van der Waals surface area contributed by atoms with Crippen LogP contribution < -0.4 is 9.80 Å². The van der Waals surface area contributed by atoms with Crippen LogP contribution in [0.4, 0.5) is 28.4 Å². The van der Waals surface area contributed by atoms with Gasteiger partial charge in [-0.05, 0) is 116 Å². The Morgan fingerprint density at radius 1 is 0.375 bits per heavy atom. The van der Waals surface area contributed by atoms with Crippen molar-refractivity contribution < 1.29 is 0 Å². The molecule has 302 valence electrons. The van der Waals surface area contributed by atoms with Gasteiger partial charge in [-0.2, -0.15) is 0 Å². The third kappa shape index (κ3) is 6.34. The summed E-state index contributed by atoms with van der Waals surface area (Å²) >= 11 is 0. The summed E-state index contributed by atoms with van der Waals surface area (Å²) in [6.45, 7) is 4.27. The van der Waals surface area contributed by atoms with Gasteiger partial charge >= 0.3 is 0 Å². The molecule has 0 radical (unpaired) electrons. The number of benzene rings is 11. The second-order valence-electron chi connectivity index (χ2n) is 16.9. The quantitative estimate of drug-likeness (QED) is 0.111. The van der Waals surface area contributed by atoms with Gasteiger partial charge in [0.2, 0.25) is 0 Å². The van der Waals surface area contributed by atoms with Crippen molar-refractivity contribution in [1.29, 1.82) is 0 Å². The molecular weight excluding hydrogens is 773 g/mol. The molecule has 0 atom stereocenters. The van der Waals surface area contributed by atoms with Gasteiger partial charge in [-0.1, -0.05) is 194 Å². The lowest BCUT2D eigenvalue weighted by Gasteiger charge is -2.30. The lowest BCUT2D eigenvalue weighted by atomic mass is 9.98. The van der Waals surface area contributed by atoms with E-state index in [4.69, 9.17) is 0 Å². The molecular formula is C62H44N2. The minimum absolute atomic E-state index is 0.849. The van der Waals surface area contributed by atoms with Crippen LogP contribution in [0.1, 0.15) is 11.1 Å². The molecule has 0 bridgehead atoms. The van der Waals surface area contributed by atoms with Crippen molar-refractivity contribution >= 4 is 93.1 Å². The Morgan fingerprint density at radius 2 is 0.844 bits per heavy atom. The molecule has 1 aliphatic carbocycles. The van der Waals surface area contributed by atoms with Gasteiger partial charge in [0, 0.05) is 32.9 Å². The molecule has 0 unspecified atom stereocenters. The standard InChI is InChI=1S/C62H44N2/c1-2-17-49(63(59-32-15-22-43-18-3-9-26-53(43)59)61-40-46-20-5-7-24-51(46)55-28-11-13-30-57(55)61)38-42-36-45-34-35-50(39-48(45)37-42)64(60-33-16-23-44-19-4-10-27-54(44)60)62-41-47-21-6-8-25-52(47)56-29-12-14-31-58(56)62/h2-35,38-41H,1,36-37H2/b42-38+,49-17-. The van der Waals surface area contributed by atoms with Crippen molar-refractivity contribution in [1.82, 2.24) is 0 Å². The highest BCUT2D eigenvalue weighted by atomic mass is 15.2. The molecule has 2 nitrogen and oxygen atoms in total. The molecule has 0 amide bonds. The van der Waals surface area contributed by atoms with Gasteiger partial charge in [-0.3, -0.25) is 0 Å². The Labute approximate surface area is 373 Å². The number of allylic oxidation sites excluding steroid dienone is 4. The lowest BCUT2D eigenvalue weighted by molar-refractivity contribution is 1.13. The van der Waals surface area contributed by atoms with Crippen LogP contribution in [0, 0.1) is 0 Å². The minimum Gasteiger partial charge on any atom is -0.309 e. The largest absolute Gasteiger partial charge is 0.309 e. The molecule has 0 N–H and O–H groups in total. The first-order valence-electron chi connectivity index (χ1n) is 22.2. The van der Waals surface area contributed by atoms with Crippen LogP contribution in [0.5, 0.6) is 0 Å². The van der Waals surface area contributed by atoms with Crippen LogP contribution in [0.3, 0.4) is 0 Å². The third-order valence-corrected chi connectivity index (χ3v) is 13.2. The van der Waals surface area contributed by atoms with Crippen LogP contribution in [-0.4, -0.2) is 0 Å². The fraction of sp³-hybridized carbons (Fsp3) is 0.0323. The molecule has 2 heteroatoms. The molecule has 0 aromatic heterocycles. The van der Waals surface area contributed by atoms with Gasteiger partial charge in [-0.25, -0.2) is 0 Å². The number of hydrogen-bond acceptors (Lipinski definition) is 2. The highest BCUT2D eigenvalue weighted by Gasteiger charge is 2.25. The van der Waals surface area contributed by atoms with E-state index in [1.807, 2.05) is 6.08 Å². The van der Waals surface area contributed by atoms with E-state index in [0.29, 0.717) is 0 Å². The molecule has 0 aliphatic heterocycles. The first-order valence-corrected chi connectivity index (χ1v) is 22.2. The van der Waals surface area contributed by atoms with E-state index in [1.165, 1.54) is 87.0 Å². The van der Waals surface area contributed by atoms with Crippen LogP contribution in [0.25, 0.3) is 64.6 Å². The molecule has 0 heterocycles. The van der Waals surface area contributed by atoms with Crippen molar-refractivity contribution in [2.45, 2.75) is 12.8 Å². The van der Waals surface area contributed by atoms with E-state index in [9.17, 15) is 0 Å². The van der Waals surface area contributed by atoms with Crippen molar-refractivity contribution in [3.8, 4) is 0 Å². The molecule has 0 saturated carbocycles.